The van der Waals surface area contributed by atoms with E-state index < -0.39 is 0 Å². The van der Waals surface area contributed by atoms with Crippen LogP contribution in [0.3, 0.4) is 0 Å². The Morgan fingerprint density at radius 2 is 1.90 bits per heavy atom. The number of rotatable bonds is 4. The highest BCUT2D eigenvalue weighted by atomic mass is 16.2. The van der Waals surface area contributed by atoms with E-state index >= 15 is 0 Å². The Labute approximate surface area is 127 Å². The standard InChI is InChI=1S/C16H29N3O2/c1-18-16(21)13-7-9-19(10-8-13)15(20)6-5-12-3-2-4-14(17)11-12/h12-14H,2-11,17H2,1H3,(H,18,21). The summed E-state index contributed by atoms with van der Waals surface area (Å²) in [5, 5.41) is 2.70. The molecule has 120 valence electrons. The van der Waals surface area contributed by atoms with Gasteiger partial charge in [-0.25, -0.2) is 0 Å². The average molecular weight is 295 g/mol. The fourth-order valence-corrected chi connectivity index (χ4v) is 3.68. The SMILES string of the molecule is CNC(=O)C1CCN(C(=O)CCC2CCCC(N)C2)CC1. The van der Waals surface area contributed by atoms with Crippen LogP contribution in [0, 0.1) is 11.8 Å². The largest absolute Gasteiger partial charge is 0.359 e. The van der Waals surface area contributed by atoms with Gasteiger partial charge in [-0.05, 0) is 38.0 Å². The van der Waals surface area contributed by atoms with Crippen molar-refractivity contribution in [3.8, 4) is 0 Å². The first-order chi connectivity index (χ1) is 10.1. The van der Waals surface area contributed by atoms with Gasteiger partial charge in [-0.1, -0.05) is 12.8 Å². The van der Waals surface area contributed by atoms with Crippen molar-refractivity contribution in [2.75, 3.05) is 20.1 Å². The molecule has 0 bridgehead atoms. The summed E-state index contributed by atoms with van der Waals surface area (Å²) in [5.41, 5.74) is 6.00. The van der Waals surface area contributed by atoms with Crippen LogP contribution in [0.4, 0.5) is 0 Å². The molecule has 1 heterocycles. The van der Waals surface area contributed by atoms with Gasteiger partial charge in [0, 0.05) is 38.5 Å². The number of nitrogens with one attached hydrogen (secondary N) is 1. The maximum Gasteiger partial charge on any atom is 0.222 e. The van der Waals surface area contributed by atoms with Gasteiger partial charge in [0.15, 0.2) is 0 Å². The fourth-order valence-electron chi connectivity index (χ4n) is 3.68. The zero-order chi connectivity index (χ0) is 15.2. The molecule has 0 aromatic rings. The molecule has 21 heavy (non-hydrogen) atoms. The molecule has 2 atom stereocenters. The Balaban J connectivity index is 1.68. The van der Waals surface area contributed by atoms with E-state index in [2.05, 4.69) is 5.32 Å². The lowest BCUT2D eigenvalue weighted by molar-refractivity contribution is -0.135. The number of carbonyl (C=O) groups is 2. The van der Waals surface area contributed by atoms with Crippen LogP contribution in [0.2, 0.25) is 0 Å². The third-order valence-electron chi connectivity index (χ3n) is 5.05. The van der Waals surface area contributed by atoms with Gasteiger partial charge >= 0.3 is 0 Å². The summed E-state index contributed by atoms with van der Waals surface area (Å²) in [6.07, 6.45) is 7.84. The van der Waals surface area contributed by atoms with E-state index in [-0.39, 0.29) is 17.7 Å². The van der Waals surface area contributed by atoms with E-state index in [1.807, 2.05) is 4.90 Å². The summed E-state index contributed by atoms with van der Waals surface area (Å²) >= 11 is 0. The second kappa shape index (κ2) is 7.78. The Morgan fingerprint density at radius 1 is 1.19 bits per heavy atom. The number of piperidine rings is 1. The molecule has 1 saturated heterocycles. The normalized spacial score (nSPS) is 27.4. The molecule has 2 amide bonds. The molecule has 3 N–H and O–H groups in total. The van der Waals surface area contributed by atoms with Gasteiger partial charge in [0.05, 0.1) is 0 Å². The highest BCUT2D eigenvalue weighted by molar-refractivity contribution is 5.79. The van der Waals surface area contributed by atoms with E-state index in [1.54, 1.807) is 7.05 Å². The van der Waals surface area contributed by atoms with Crippen LogP contribution in [-0.4, -0.2) is 42.9 Å². The smallest absolute Gasteiger partial charge is 0.222 e. The van der Waals surface area contributed by atoms with Crippen molar-refractivity contribution in [3.63, 3.8) is 0 Å². The van der Waals surface area contributed by atoms with E-state index in [4.69, 9.17) is 5.73 Å². The Bertz CT molecular complexity index is 365. The number of hydrogen-bond donors (Lipinski definition) is 2. The van der Waals surface area contributed by atoms with Crippen LogP contribution in [-0.2, 0) is 9.59 Å². The molecule has 2 rings (SSSR count). The molecule has 0 radical (unpaired) electrons. The topological polar surface area (TPSA) is 75.4 Å². The fraction of sp³-hybridized carbons (Fsp3) is 0.875. The molecule has 2 fully saturated rings. The van der Waals surface area contributed by atoms with Gasteiger partial charge in [-0.2, -0.15) is 0 Å². The molecule has 0 aromatic heterocycles. The summed E-state index contributed by atoms with van der Waals surface area (Å²) in [5.74, 6) is 1.07. The van der Waals surface area contributed by atoms with Crippen LogP contribution in [0.15, 0.2) is 0 Å². The summed E-state index contributed by atoms with van der Waals surface area (Å²) in [6, 6.07) is 0.335. The van der Waals surface area contributed by atoms with Crippen molar-refractivity contribution in [1.29, 1.82) is 0 Å². The van der Waals surface area contributed by atoms with Crippen LogP contribution < -0.4 is 11.1 Å². The Hall–Kier alpha value is -1.10. The molecular weight excluding hydrogens is 266 g/mol. The lowest BCUT2D eigenvalue weighted by Crippen LogP contribution is -2.42. The number of nitrogens with two attached hydrogens (primary N) is 1. The van der Waals surface area contributed by atoms with Gasteiger partial charge in [0.2, 0.25) is 11.8 Å². The highest BCUT2D eigenvalue weighted by Gasteiger charge is 2.27. The van der Waals surface area contributed by atoms with Gasteiger partial charge < -0.3 is 16.0 Å². The molecule has 1 aliphatic carbocycles. The minimum absolute atomic E-state index is 0.0791. The predicted molar refractivity (Wildman–Crippen MR) is 82.5 cm³/mol. The van der Waals surface area contributed by atoms with Crippen molar-refractivity contribution in [2.24, 2.45) is 17.6 Å². The number of nitrogens with zero attached hydrogens (tertiary/aromatic N) is 1. The van der Waals surface area contributed by atoms with Gasteiger partial charge in [-0.3, -0.25) is 9.59 Å². The van der Waals surface area contributed by atoms with Crippen molar-refractivity contribution >= 4 is 11.8 Å². The monoisotopic (exact) mass is 295 g/mol. The van der Waals surface area contributed by atoms with Crippen molar-refractivity contribution in [1.82, 2.24) is 10.2 Å². The minimum Gasteiger partial charge on any atom is -0.359 e. The van der Waals surface area contributed by atoms with Gasteiger partial charge in [0.1, 0.15) is 0 Å². The maximum atomic E-state index is 12.3. The number of likely N-dealkylation sites (tertiary alicyclic amines) is 1. The molecule has 2 aliphatic rings. The first-order valence-electron chi connectivity index (χ1n) is 8.35. The molecule has 1 aliphatic heterocycles. The average Bonchev–Trinajstić information content (AvgIpc) is 2.52. The van der Waals surface area contributed by atoms with Crippen LogP contribution >= 0.6 is 0 Å². The van der Waals surface area contributed by atoms with Crippen LogP contribution in [0.5, 0.6) is 0 Å². The number of hydrogen-bond acceptors (Lipinski definition) is 3. The Morgan fingerprint density at radius 3 is 2.52 bits per heavy atom. The number of amides is 2. The number of carbonyl (C=O) groups excluding carboxylic acids is 2. The molecule has 0 aromatic carbocycles. The molecule has 1 saturated carbocycles. The van der Waals surface area contributed by atoms with Crippen molar-refractivity contribution in [2.45, 2.75) is 57.4 Å². The lowest BCUT2D eigenvalue weighted by Gasteiger charge is -2.32. The predicted octanol–water partition coefficient (Wildman–Crippen LogP) is 1.27. The van der Waals surface area contributed by atoms with Gasteiger partial charge in [0.25, 0.3) is 0 Å². The van der Waals surface area contributed by atoms with E-state index in [1.165, 1.54) is 12.8 Å². The maximum absolute atomic E-state index is 12.3. The van der Waals surface area contributed by atoms with E-state index in [0.717, 1.165) is 45.2 Å². The van der Waals surface area contributed by atoms with E-state index in [9.17, 15) is 9.59 Å². The summed E-state index contributed by atoms with van der Waals surface area (Å²) in [6.45, 7) is 1.45. The zero-order valence-corrected chi connectivity index (χ0v) is 13.1. The second-order valence-corrected chi connectivity index (χ2v) is 6.60. The highest BCUT2D eigenvalue weighted by Crippen LogP contribution is 2.27. The molecular formula is C16H29N3O2. The van der Waals surface area contributed by atoms with Crippen LogP contribution in [0.25, 0.3) is 0 Å². The quantitative estimate of drug-likeness (QED) is 0.820. The first-order valence-corrected chi connectivity index (χ1v) is 8.35. The first kappa shape index (κ1) is 16.3. The summed E-state index contributed by atoms with van der Waals surface area (Å²) < 4.78 is 0. The van der Waals surface area contributed by atoms with E-state index in [0.29, 0.717) is 18.4 Å². The van der Waals surface area contributed by atoms with Crippen molar-refractivity contribution in [3.05, 3.63) is 0 Å². The Kier molecular flexibility index (Phi) is 6.03. The molecule has 5 heteroatoms. The summed E-state index contributed by atoms with van der Waals surface area (Å²) in [7, 11) is 1.68. The lowest BCUT2D eigenvalue weighted by atomic mass is 9.83. The molecule has 0 spiro atoms. The zero-order valence-electron chi connectivity index (χ0n) is 13.1. The molecule has 2 unspecified atom stereocenters. The van der Waals surface area contributed by atoms with Crippen molar-refractivity contribution < 1.29 is 9.59 Å². The van der Waals surface area contributed by atoms with Gasteiger partial charge in [-0.15, -0.1) is 0 Å². The third kappa shape index (κ3) is 4.70. The van der Waals surface area contributed by atoms with Crippen LogP contribution in [0.1, 0.15) is 51.4 Å². The summed E-state index contributed by atoms with van der Waals surface area (Å²) in [4.78, 5) is 25.8. The molecule has 5 nitrogen and oxygen atoms in total. The minimum atomic E-state index is 0.0791. The third-order valence-corrected chi connectivity index (χ3v) is 5.05. The second-order valence-electron chi connectivity index (χ2n) is 6.60.